The zero-order chi connectivity index (χ0) is 21.8. The van der Waals surface area contributed by atoms with Gasteiger partial charge in [-0.15, -0.1) is 0 Å². The van der Waals surface area contributed by atoms with Gasteiger partial charge in [0.1, 0.15) is 12.4 Å². The lowest BCUT2D eigenvalue weighted by Crippen LogP contribution is -2.46. The van der Waals surface area contributed by atoms with Gasteiger partial charge in [0.2, 0.25) is 0 Å². The minimum atomic E-state index is -1.82. The molecule has 0 spiro atoms. The predicted molar refractivity (Wildman–Crippen MR) is 109 cm³/mol. The lowest BCUT2D eigenvalue weighted by Gasteiger charge is -2.35. The van der Waals surface area contributed by atoms with Crippen molar-refractivity contribution >= 4 is 23.5 Å². The average molecular weight is 432 g/mol. The van der Waals surface area contributed by atoms with Crippen molar-refractivity contribution in [2.24, 2.45) is 0 Å². The first-order valence-corrected chi connectivity index (χ1v) is 9.93. The molecule has 9 heteroatoms. The van der Waals surface area contributed by atoms with Gasteiger partial charge in [-0.05, 0) is 44.0 Å². The van der Waals surface area contributed by atoms with Crippen LogP contribution in [0.1, 0.15) is 26.3 Å². The largest absolute Gasteiger partial charge is 0.491 e. The fourth-order valence-electron chi connectivity index (χ4n) is 2.89. The number of nitrogens with zero attached hydrogens (tertiary/aromatic N) is 1. The van der Waals surface area contributed by atoms with Gasteiger partial charge in [-0.2, -0.15) is 0 Å². The number of carboxylic acids is 2. The Morgan fingerprint density at radius 1 is 1.14 bits per heavy atom. The van der Waals surface area contributed by atoms with E-state index in [0.29, 0.717) is 25.4 Å². The minimum absolute atomic E-state index is 0.305. The number of rotatable bonds is 8. The van der Waals surface area contributed by atoms with E-state index in [1.54, 1.807) is 0 Å². The van der Waals surface area contributed by atoms with Crippen molar-refractivity contribution in [3.63, 3.8) is 0 Å². The molecule has 1 fully saturated rings. The van der Waals surface area contributed by atoms with Gasteiger partial charge in [0, 0.05) is 24.7 Å². The first-order chi connectivity index (χ1) is 13.7. The van der Waals surface area contributed by atoms with Crippen LogP contribution in [0.3, 0.4) is 0 Å². The Morgan fingerprint density at radius 3 is 2.31 bits per heavy atom. The molecule has 2 atom stereocenters. The number of ether oxygens (including phenoxy) is 3. The molecule has 0 saturated carbocycles. The van der Waals surface area contributed by atoms with Gasteiger partial charge in [-0.25, -0.2) is 9.59 Å². The zero-order valence-electron chi connectivity index (χ0n) is 17.1. The number of morpholine rings is 1. The Balaban J connectivity index is 0.000000612. The van der Waals surface area contributed by atoms with Crippen molar-refractivity contribution in [2.75, 3.05) is 39.5 Å². The van der Waals surface area contributed by atoms with Crippen molar-refractivity contribution < 1.29 is 34.0 Å². The van der Waals surface area contributed by atoms with E-state index in [4.69, 9.17) is 45.6 Å². The molecule has 1 saturated heterocycles. The molecule has 2 rings (SSSR count). The number of hydrogen-bond donors (Lipinski definition) is 2. The Hall–Kier alpha value is -1.87. The van der Waals surface area contributed by atoms with Crippen LogP contribution in [-0.2, 0) is 25.5 Å². The maximum atomic E-state index is 9.10. The van der Waals surface area contributed by atoms with Gasteiger partial charge in [0.25, 0.3) is 0 Å². The Bertz CT molecular complexity index is 634. The van der Waals surface area contributed by atoms with Crippen LogP contribution in [0.5, 0.6) is 5.75 Å². The number of carbonyl (C=O) groups is 2. The zero-order valence-corrected chi connectivity index (χ0v) is 17.9. The number of carboxylic acid groups (broad SMARTS) is 2. The van der Waals surface area contributed by atoms with Gasteiger partial charge in [-0.1, -0.05) is 18.5 Å². The summed E-state index contributed by atoms with van der Waals surface area (Å²) in [6.07, 6.45) is 1.52. The molecule has 29 heavy (non-hydrogen) atoms. The monoisotopic (exact) mass is 431 g/mol. The van der Waals surface area contributed by atoms with E-state index in [1.807, 2.05) is 18.2 Å². The highest BCUT2D eigenvalue weighted by Crippen LogP contribution is 2.22. The van der Waals surface area contributed by atoms with E-state index in [-0.39, 0.29) is 0 Å². The van der Waals surface area contributed by atoms with Crippen molar-refractivity contribution in [3.05, 3.63) is 28.8 Å². The summed E-state index contributed by atoms with van der Waals surface area (Å²) in [6.45, 7) is 11.1. The molecule has 1 aromatic rings. The molecule has 0 aromatic heterocycles. The van der Waals surface area contributed by atoms with Crippen LogP contribution in [0.4, 0.5) is 0 Å². The molecule has 1 aliphatic heterocycles. The van der Waals surface area contributed by atoms with Crippen LogP contribution >= 0.6 is 11.6 Å². The second kappa shape index (κ2) is 13.4. The molecule has 8 nitrogen and oxygen atoms in total. The van der Waals surface area contributed by atoms with E-state index in [1.165, 1.54) is 0 Å². The summed E-state index contributed by atoms with van der Waals surface area (Å²) < 4.78 is 17.1. The highest BCUT2D eigenvalue weighted by molar-refractivity contribution is 6.31. The molecule has 0 aliphatic carbocycles. The number of aryl methyl sites for hydroxylation is 1. The molecule has 1 heterocycles. The summed E-state index contributed by atoms with van der Waals surface area (Å²) in [5.41, 5.74) is 1.11. The van der Waals surface area contributed by atoms with Crippen molar-refractivity contribution in [2.45, 2.75) is 39.4 Å². The predicted octanol–water partition coefficient (Wildman–Crippen LogP) is 2.56. The summed E-state index contributed by atoms with van der Waals surface area (Å²) in [5, 5.41) is 15.6. The summed E-state index contributed by atoms with van der Waals surface area (Å²) in [6, 6.07) is 5.79. The second-order valence-electron chi connectivity index (χ2n) is 6.69. The molecular weight excluding hydrogens is 402 g/mol. The van der Waals surface area contributed by atoms with Crippen molar-refractivity contribution in [3.8, 4) is 5.75 Å². The third kappa shape index (κ3) is 10.5. The van der Waals surface area contributed by atoms with Crippen LogP contribution in [0.2, 0.25) is 5.02 Å². The fourth-order valence-corrected chi connectivity index (χ4v) is 3.14. The standard InChI is InChI=1S/C18H28ClNO3.C2H2O4/c1-4-16-11-17(5-6-18(16)19)22-10-9-21-8-7-20-12-14(2)23-15(3)13-20;3-1(4)2(5)6/h5-6,11,14-15H,4,7-10,12-13H2,1-3H3;(H,3,4)(H,5,6). The molecule has 1 aliphatic rings. The van der Waals surface area contributed by atoms with E-state index in [9.17, 15) is 0 Å². The van der Waals surface area contributed by atoms with E-state index < -0.39 is 11.9 Å². The Kier molecular flexibility index (Phi) is 11.6. The third-order valence-corrected chi connectivity index (χ3v) is 4.49. The molecule has 2 unspecified atom stereocenters. The van der Waals surface area contributed by atoms with Gasteiger partial charge in [-0.3, -0.25) is 4.90 Å². The van der Waals surface area contributed by atoms with Gasteiger partial charge in [0.05, 0.1) is 25.4 Å². The number of benzene rings is 1. The Morgan fingerprint density at radius 2 is 1.76 bits per heavy atom. The summed E-state index contributed by atoms with van der Waals surface area (Å²) in [5.74, 6) is -2.80. The maximum absolute atomic E-state index is 9.10. The van der Waals surface area contributed by atoms with Crippen molar-refractivity contribution in [1.82, 2.24) is 4.90 Å². The minimum Gasteiger partial charge on any atom is -0.491 e. The lowest BCUT2D eigenvalue weighted by molar-refractivity contribution is -0.159. The van der Waals surface area contributed by atoms with Gasteiger partial charge in [0.15, 0.2) is 0 Å². The summed E-state index contributed by atoms with van der Waals surface area (Å²) in [4.78, 5) is 20.6. The van der Waals surface area contributed by atoms with Crippen LogP contribution in [0, 0.1) is 0 Å². The molecule has 2 N–H and O–H groups in total. The second-order valence-corrected chi connectivity index (χ2v) is 7.10. The molecular formula is C20H30ClNO7. The number of halogens is 1. The Labute approximate surface area is 176 Å². The highest BCUT2D eigenvalue weighted by atomic mass is 35.5. The topological polar surface area (TPSA) is 106 Å². The third-order valence-electron chi connectivity index (χ3n) is 4.12. The smallest absolute Gasteiger partial charge is 0.414 e. The number of aliphatic carboxylic acids is 2. The van der Waals surface area contributed by atoms with Gasteiger partial charge < -0.3 is 24.4 Å². The van der Waals surface area contributed by atoms with Crippen LogP contribution in [-0.4, -0.2) is 78.7 Å². The van der Waals surface area contributed by atoms with E-state index >= 15 is 0 Å². The summed E-state index contributed by atoms with van der Waals surface area (Å²) in [7, 11) is 0. The van der Waals surface area contributed by atoms with Gasteiger partial charge >= 0.3 is 11.9 Å². The number of hydrogen-bond acceptors (Lipinski definition) is 6. The fraction of sp³-hybridized carbons (Fsp3) is 0.600. The molecule has 1 aromatic carbocycles. The SMILES string of the molecule is CCc1cc(OCCOCCN2CC(C)OC(C)C2)ccc1Cl.O=C(O)C(=O)O. The lowest BCUT2D eigenvalue weighted by atomic mass is 10.1. The first kappa shape index (κ1) is 25.2. The van der Waals surface area contributed by atoms with E-state index in [2.05, 4.69) is 25.7 Å². The average Bonchev–Trinajstić information content (AvgIpc) is 2.65. The van der Waals surface area contributed by atoms with Crippen LogP contribution in [0.15, 0.2) is 18.2 Å². The normalized spacial score (nSPS) is 19.2. The van der Waals surface area contributed by atoms with Crippen LogP contribution in [0.25, 0.3) is 0 Å². The first-order valence-electron chi connectivity index (χ1n) is 9.55. The quantitative estimate of drug-likeness (QED) is 0.478. The van der Waals surface area contributed by atoms with Crippen LogP contribution < -0.4 is 4.74 Å². The molecule has 0 bridgehead atoms. The van der Waals surface area contributed by atoms with E-state index in [0.717, 1.165) is 49.0 Å². The maximum Gasteiger partial charge on any atom is 0.414 e. The van der Waals surface area contributed by atoms with Crippen molar-refractivity contribution in [1.29, 1.82) is 0 Å². The highest BCUT2D eigenvalue weighted by Gasteiger charge is 2.21. The molecule has 164 valence electrons. The molecule has 0 amide bonds. The molecule has 0 radical (unpaired) electrons. The summed E-state index contributed by atoms with van der Waals surface area (Å²) >= 11 is 6.10.